The molecule has 0 aliphatic carbocycles. The Morgan fingerprint density at radius 2 is 1.67 bits per heavy atom. The molecular formula is C13H11F3N2O2S. The van der Waals surface area contributed by atoms with Crippen LogP contribution in [0.3, 0.4) is 0 Å². The first kappa shape index (κ1) is 15.4. The minimum atomic E-state index is -4.61. The maximum atomic E-state index is 12.9. The van der Waals surface area contributed by atoms with Crippen molar-refractivity contribution in [2.45, 2.75) is 24.0 Å². The highest BCUT2D eigenvalue weighted by atomic mass is 32.2. The highest BCUT2D eigenvalue weighted by Gasteiger charge is 2.34. The quantitative estimate of drug-likeness (QED) is 0.817. The minimum Gasteiger partial charge on any atom is -0.227 e. The lowest BCUT2D eigenvalue weighted by Gasteiger charge is -2.12. The van der Waals surface area contributed by atoms with Crippen molar-refractivity contribution in [3.63, 3.8) is 0 Å². The van der Waals surface area contributed by atoms with E-state index in [0.717, 1.165) is 12.1 Å². The first-order valence-corrected chi connectivity index (χ1v) is 7.52. The summed E-state index contributed by atoms with van der Waals surface area (Å²) < 4.78 is 62.8. The van der Waals surface area contributed by atoms with E-state index in [1.165, 1.54) is 24.5 Å². The topological polar surface area (TPSA) is 59.9 Å². The van der Waals surface area contributed by atoms with E-state index in [2.05, 4.69) is 9.97 Å². The summed E-state index contributed by atoms with van der Waals surface area (Å²) in [5.41, 5.74) is -0.639. The Morgan fingerprint density at radius 1 is 1.10 bits per heavy atom. The Kier molecular flexibility index (Phi) is 3.99. The molecule has 0 fully saturated rings. The van der Waals surface area contributed by atoms with Gasteiger partial charge in [0.1, 0.15) is 0 Å². The SMILES string of the molecule is Cc1cnc(S(=O)(=O)Cc2ccccc2C(F)(F)F)nc1. The van der Waals surface area contributed by atoms with Crippen LogP contribution < -0.4 is 0 Å². The van der Waals surface area contributed by atoms with Crippen LogP contribution in [0.5, 0.6) is 0 Å². The van der Waals surface area contributed by atoms with Gasteiger partial charge in [-0.3, -0.25) is 0 Å². The van der Waals surface area contributed by atoms with Crippen molar-refractivity contribution in [1.29, 1.82) is 0 Å². The monoisotopic (exact) mass is 316 g/mol. The van der Waals surface area contributed by atoms with E-state index < -0.39 is 32.5 Å². The first-order valence-electron chi connectivity index (χ1n) is 5.86. The van der Waals surface area contributed by atoms with Crippen LogP contribution in [0.25, 0.3) is 0 Å². The molecule has 0 amide bonds. The van der Waals surface area contributed by atoms with E-state index in [1.54, 1.807) is 6.92 Å². The molecular weight excluding hydrogens is 305 g/mol. The molecule has 8 heteroatoms. The number of aromatic nitrogens is 2. The van der Waals surface area contributed by atoms with Crippen LogP contribution in [0.15, 0.2) is 41.8 Å². The molecule has 1 heterocycles. The second-order valence-electron chi connectivity index (χ2n) is 4.46. The number of sulfone groups is 1. The van der Waals surface area contributed by atoms with Crippen LogP contribution in [0.2, 0.25) is 0 Å². The molecule has 112 valence electrons. The van der Waals surface area contributed by atoms with Crippen LogP contribution in [0.4, 0.5) is 13.2 Å². The van der Waals surface area contributed by atoms with Gasteiger partial charge in [-0.25, -0.2) is 18.4 Å². The molecule has 0 spiro atoms. The predicted octanol–water partition coefficient (Wildman–Crippen LogP) is 2.78. The van der Waals surface area contributed by atoms with Crippen LogP contribution in [0.1, 0.15) is 16.7 Å². The van der Waals surface area contributed by atoms with Gasteiger partial charge < -0.3 is 0 Å². The summed E-state index contributed by atoms with van der Waals surface area (Å²) in [7, 11) is -4.04. The van der Waals surface area contributed by atoms with Gasteiger partial charge in [0.05, 0.1) is 11.3 Å². The van der Waals surface area contributed by atoms with Crippen molar-refractivity contribution >= 4 is 9.84 Å². The fourth-order valence-electron chi connectivity index (χ4n) is 1.73. The van der Waals surface area contributed by atoms with Gasteiger partial charge >= 0.3 is 6.18 Å². The fourth-order valence-corrected chi connectivity index (χ4v) is 2.95. The molecule has 4 nitrogen and oxygen atoms in total. The summed E-state index contributed by atoms with van der Waals surface area (Å²) in [5, 5.41) is -0.481. The van der Waals surface area contributed by atoms with E-state index in [-0.39, 0.29) is 5.56 Å². The maximum absolute atomic E-state index is 12.9. The predicted molar refractivity (Wildman–Crippen MR) is 69.1 cm³/mol. The normalized spacial score (nSPS) is 12.4. The van der Waals surface area contributed by atoms with Crippen LogP contribution in [-0.4, -0.2) is 18.4 Å². The smallest absolute Gasteiger partial charge is 0.227 e. The van der Waals surface area contributed by atoms with Gasteiger partial charge in [-0.2, -0.15) is 13.2 Å². The van der Waals surface area contributed by atoms with Crippen LogP contribution in [-0.2, 0) is 21.8 Å². The molecule has 0 saturated heterocycles. The molecule has 0 saturated carbocycles. The van der Waals surface area contributed by atoms with Gasteiger partial charge in [-0.15, -0.1) is 0 Å². The number of rotatable bonds is 3. The lowest BCUT2D eigenvalue weighted by Crippen LogP contribution is -2.14. The molecule has 1 aromatic heterocycles. The number of hydrogen-bond acceptors (Lipinski definition) is 4. The summed E-state index contributed by atoms with van der Waals surface area (Å²) in [6.45, 7) is 1.68. The molecule has 0 aliphatic heterocycles. The van der Waals surface area contributed by atoms with Crippen LogP contribution >= 0.6 is 0 Å². The number of halogens is 3. The third kappa shape index (κ3) is 3.57. The number of alkyl halides is 3. The van der Waals surface area contributed by atoms with Crippen molar-refractivity contribution in [1.82, 2.24) is 9.97 Å². The summed E-state index contributed by atoms with van der Waals surface area (Å²) in [6.07, 6.45) is -2.01. The standard InChI is InChI=1S/C13H11F3N2O2S/c1-9-6-17-12(18-7-9)21(19,20)8-10-4-2-3-5-11(10)13(14,15)16/h2-7H,8H2,1H3. The molecule has 21 heavy (non-hydrogen) atoms. The second kappa shape index (κ2) is 5.44. The summed E-state index contributed by atoms with van der Waals surface area (Å²) >= 11 is 0. The Morgan fingerprint density at radius 3 is 2.24 bits per heavy atom. The molecule has 0 N–H and O–H groups in total. The zero-order valence-corrected chi connectivity index (χ0v) is 11.7. The van der Waals surface area contributed by atoms with Crippen molar-refractivity contribution in [3.8, 4) is 0 Å². The summed E-state index contributed by atoms with van der Waals surface area (Å²) in [5.74, 6) is -0.800. The fraction of sp³-hybridized carbons (Fsp3) is 0.231. The van der Waals surface area contributed by atoms with Crippen molar-refractivity contribution in [2.24, 2.45) is 0 Å². The Labute approximate surface area is 119 Å². The molecule has 0 bridgehead atoms. The lowest BCUT2D eigenvalue weighted by atomic mass is 10.1. The van der Waals surface area contributed by atoms with Crippen molar-refractivity contribution < 1.29 is 21.6 Å². The first-order chi connectivity index (χ1) is 9.70. The highest BCUT2D eigenvalue weighted by Crippen LogP contribution is 2.33. The minimum absolute atomic E-state index is 0.325. The van der Waals surface area contributed by atoms with Gasteiger partial charge in [0.25, 0.3) is 0 Å². The van der Waals surface area contributed by atoms with E-state index in [4.69, 9.17) is 0 Å². The number of aryl methyl sites for hydroxylation is 1. The van der Waals surface area contributed by atoms with E-state index >= 15 is 0 Å². The second-order valence-corrected chi connectivity index (χ2v) is 6.34. The molecule has 0 radical (unpaired) electrons. The molecule has 1 aromatic carbocycles. The average Bonchev–Trinajstić information content (AvgIpc) is 2.38. The molecule has 0 unspecified atom stereocenters. The molecule has 2 rings (SSSR count). The lowest BCUT2D eigenvalue weighted by molar-refractivity contribution is -0.138. The summed E-state index contributed by atoms with van der Waals surface area (Å²) in [4.78, 5) is 7.32. The van der Waals surface area contributed by atoms with Crippen molar-refractivity contribution in [3.05, 3.63) is 53.3 Å². The molecule has 0 aliphatic rings. The van der Waals surface area contributed by atoms with Crippen molar-refractivity contribution in [2.75, 3.05) is 0 Å². The Bertz CT molecular complexity index is 741. The van der Waals surface area contributed by atoms with Gasteiger partial charge in [-0.1, -0.05) is 18.2 Å². The maximum Gasteiger partial charge on any atom is 0.416 e. The third-order valence-corrected chi connectivity index (χ3v) is 4.16. The number of benzene rings is 1. The zero-order valence-electron chi connectivity index (χ0n) is 10.9. The van der Waals surface area contributed by atoms with Gasteiger partial charge in [0.15, 0.2) is 0 Å². The number of hydrogen-bond donors (Lipinski definition) is 0. The molecule has 2 aromatic rings. The number of nitrogens with zero attached hydrogens (tertiary/aromatic N) is 2. The van der Waals surface area contributed by atoms with Crippen LogP contribution in [0, 0.1) is 6.92 Å². The Hall–Kier alpha value is -1.96. The van der Waals surface area contributed by atoms with E-state index in [0.29, 0.717) is 5.56 Å². The summed E-state index contributed by atoms with van der Waals surface area (Å²) in [6, 6.07) is 4.55. The highest BCUT2D eigenvalue weighted by molar-refractivity contribution is 7.90. The van der Waals surface area contributed by atoms with E-state index in [1.807, 2.05) is 0 Å². The molecule has 0 atom stereocenters. The van der Waals surface area contributed by atoms with Gasteiger partial charge in [-0.05, 0) is 24.1 Å². The van der Waals surface area contributed by atoms with Gasteiger partial charge in [0.2, 0.25) is 15.0 Å². The van der Waals surface area contributed by atoms with Gasteiger partial charge in [0, 0.05) is 12.4 Å². The third-order valence-electron chi connectivity index (χ3n) is 2.70. The largest absolute Gasteiger partial charge is 0.416 e. The zero-order chi connectivity index (χ0) is 15.7. The Balaban J connectivity index is 2.40. The van der Waals surface area contributed by atoms with E-state index in [9.17, 15) is 21.6 Å². The average molecular weight is 316 g/mol.